The molecule has 1 fully saturated rings. The first-order valence-electron chi connectivity index (χ1n) is 7.36. The number of hydrogen-bond acceptors (Lipinski definition) is 4. The highest BCUT2D eigenvalue weighted by Gasteiger charge is 2.68. The van der Waals surface area contributed by atoms with Gasteiger partial charge in [0.15, 0.2) is 0 Å². The summed E-state index contributed by atoms with van der Waals surface area (Å²) in [6, 6.07) is 5.47. The zero-order valence-electron chi connectivity index (χ0n) is 13.3. The molecule has 1 N–H and O–H groups in total. The van der Waals surface area contributed by atoms with Gasteiger partial charge in [-0.3, -0.25) is 9.69 Å². The van der Waals surface area contributed by atoms with Crippen LogP contribution in [0.5, 0.6) is 0 Å². The number of nitrogens with one attached hydrogen (secondary N) is 1. The minimum absolute atomic E-state index is 0.335. The zero-order valence-corrected chi connectivity index (χ0v) is 13.3. The second-order valence-corrected chi connectivity index (χ2v) is 5.74. The number of alkyl halides is 3. The van der Waals surface area contributed by atoms with E-state index >= 15 is 0 Å². The van der Waals surface area contributed by atoms with Gasteiger partial charge in [-0.1, -0.05) is 35.5 Å². The average molecular weight is 353 g/mol. The second kappa shape index (κ2) is 5.61. The Morgan fingerprint density at radius 3 is 2.36 bits per heavy atom. The smallest absolute Gasteiger partial charge is 0.361 e. The van der Waals surface area contributed by atoms with E-state index in [1.165, 1.54) is 18.2 Å². The Morgan fingerprint density at radius 2 is 1.84 bits per heavy atom. The van der Waals surface area contributed by atoms with E-state index in [0.29, 0.717) is 21.9 Å². The van der Waals surface area contributed by atoms with Crippen LogP contribution in [0.3, 0.4) is 0 Å². The normalized spacial score (nSPS) is 20.9. The molecule has 0 spiro atoms. The number of nitrogens with zero attached hydrogens (tertiary/aromatic N) is 2. The summed E-state index contributed by atoms with van der Waals surface area (Å²) < 4.78 is 46.5. The summed E-state index contributed by atoms with van der Waals surface area (Å²) in [5.41, 5.74) is -2.65. The quantitative estimate of drug-likeness (QED) is 0.861. The minimum Gasteiger partial charge on any atom is -0.361 e. The highest BCUT2D eigenvalue weighted by atomic mass is 19.4. The summed E-state index contributed by atoms with van der Waals surface area (Å²) >= 11 is 0. The highest BCUT2D eigenvalue weighted by molar-refractivity contribution is 6.08. The number of amides is 3. The summed E-state index contributed by atoms with van der Waals surface area (Å²) in [5.74, 6) is -1.04. The molecule has 3 amide bonds. The molecular weight excluding hydrogens is 339 g/mol. The Morgan fingerprint density at radius 1 is 1.20 bits per heavy atom. The van der Waals surface area contributed by atoms with Gasteiger partial charge in [0.2, 0.25) is 5.54 Å². The van der Waals surface area contributed by atoms with E-state index in [9.17, 15) is 22.8 Å². The molecule has 0 aliphatic carbocycles. The number of carbonyl (C=O) groups is 2. The first-order valence-corrected chi connectivity index (χ1v) is 7.36. The van der Waals surface area contributed by atoms with Crippen molar-refractivity contribution < 1.29 is 27.3 Å². The third-order valence-corrected chi connectivity index (χ3v) is 4.23. The predicted octanol–water partition coefficient (Wildman–Crippen LogP) is 2.80. The summed E-state index contributed by atoms with van der Waals surface area (Å²) in [7, 11) is 0. The van der Waals surface area contributed by atoms with Crippen LogP contribution in [0.1, 0.15) is 22.6 Å². The lowest BCUT2D eigenvalue weighted by Gasteiger charge is -2.29. The van der Waals surface area contributed by atoms with Gasteiger partial charge in [-0.2, -0.15) is 13.2 Å². The second-order valence-electron chi connectivity index (χ2n) is 5.74. The van der Waals surface area contributed by atoms with Gasteiger partial charge >= 0.3 is 12.2 Å². The zero-order chi connectivity index (χ0) is 18.4. The molecule has 0 saturated carbocycles. The Hall–Kier alpha value is -2.84. The molecule has 25 heavy (non-hydrogen) atoms. The van der Waals surface area contributed by atoms with Crippen molar-refractivity contribution in [1.29, 1.82) is 0 Å². The molecule has 1 aromatic heterocycles. The maximum atomic E-state index is 13.8. The van der Waals surface area contributed by atoms with E-state index < -0.39 is 23.7 Å². The number of carbonyl (C=O) groups excluding carboxylic acids is 2. The first-order chi connectivity index (χ1) is 11.7. The van der Waals surface area contributed by atoms with Crippen LogP contribution < -0.4 is 5.32 Å². The van der Waals surface area contributed by atoms with Crippen LogP contribution in [-0.4, -0.2) is 28.2 Å². The van der Waals surface area contributed by atoms with Crippen molar-refractivity contribution in [3.63, 3.8) is 0 Å². The first kappa shape index (κ1) is 17.0. The molecule has 6 nitrogen and oxygen atoms in total. The molecule has 0 bridgehead atoms. The summed E-state index contributed by atoms with van der Waals surface area (Å²) in [6.07, 6.45) is -5.01. The van der Waals surface area contributed by atoms with Crippen LogP contribution in [0, 0.1) is 13.8 Å². The van der Waals surface area contributed by atoms with Crippen molar-refractivity contribution in [1.82, 2.24) is 15.4 Å². The Bertz CT molecular complexity index is 813. The van der Waals surface area contributed by atoms with E-state index in [2.05, 4.69) is 5.16 Å². The monoisotopic (exact) mass is 353 g/mol. The van der Waals surface area contributed by atoms with Crippen molar-refractivity contribution in [2.75, 3.05) is 0 Å². The van der Waals surface area contributed by atoms with E-state index in [4.69, 9.17) is 4.52 Å². The standard InChI is InChI=1S/C16H14F3N3O3/c1-9-12(10(2)25-21-9)8-22-13(23)15(16(17,18)19,20-14(22)24)11-6-4-3-5-7-11/h3-7H,8H2,1-2H3,(H,20,24). The molecule has 1 saturated heterocycles. The Balaban J connectivity index is 2.06. The van der Waals surface area contributed by atoms with E-state index in [-0.39, 0.29) is 12.1 Å². The Kier molecular flexibility index (Phi) is 3.81. The molecule has 2 aromatic rings. The number of imide groups is 1. The van der Waals surface area contributed by atoms with Gasteiger partial charge in [-0.05, 0) is 19.4 Å². The van der Waals surface area contributed by atoms with Crippen LogP contribution in [0.2, 0.25) is 0 Å². The largest absolute Gasteiger partial charge is 0.425 e. The fourth-order valence-electron chi connectivity index (χ4n) is 2.84. The van der Waals surface area contributed by atoms with Gasteiger partial charge in [0, 0.05) is 5.56 Å². The van der Waals surface area contributed by atoms with Gasteiger partial charge in [0.25, 0.3) is 5.91 Å². The molecule has 1 unspecified atom stereocenters. The lowest BCUT2D eigenvalue weighted by molar-refractivity contribution is -0.198. The summed E-state index contributed by atoms with van der Waals surface area (Å²) in [4.78, 5) is 25.5. The number of urea groups is 1. The van der Waals surface area contributed by atoms with Gasteiger partial charge in [0.1, 0.15) is 5.76 Å². The third kappa shape index (κ3) is 2.46. The van der Waals surface area contributed by atoms with E-state index in [1.807, 2.05) is 5.32 Å². The van der Waals surface area contributed by atoms with Gasteiger partial charge in [-0.15, -0.1) is 0 Å². The third-order valence-electron chi connectivity index (χ3n) is 4.23. The summed E-state index contributed by atoms with van der Waals surface area (Å²) in [5, 5.41) is 5.52. The number of aryl methyl sites for hydroxylation is 2. The predicted molar refractivity (Wildman–Crippen MR) is 79.2 cm³/mol. The van der Waals surface area contributed by atoms with Gasteiger partial charge in [-0.25, -0.2) is 4.79 Å². The van der Waals surface area contributed by atoms with Crippen LogP contribution in [-0.2, 0) is 16.9 Å². The van der Waals surface area contributed by atoms with Crippen molar-refractivity contribution in [3.05, 3.63) is 52.9 Å². The molecular formula is C16H14F3N3O3. The molecule has 2 heterocycles. The van der Waals surface area contributed by atoms with Crippen LogP contribution in [0.15, 0.2) is 34.9 Å². The molecule has 1 aromatic carbocycles. The lowest BCUT2D eigenvalue weighted by atomic mass is 9.89. The summed E-state index contributed by atoms with van der Waals surface area (Å²) in [6.45, 7) is 2.79. The van der Waals surface area contributed by atoms with E-state index in [0.717, 1.165) is 12.1 Å². The molecule has 3 rings (SSSR count). The van der Waals surface area contributed by atoms with Crippen molar-refractivity contribution in [3.8, 4) is 0 Å². The fraction of sp³-hybridized carbons (Fsp3) is 0.312. The Labute approximate surface area is 140 Å². The molecule has 1 aliphatic rings. The maximum absolute atomic E-state index is 13.8. The van der Waals surface area contributed by atoms with Crippen molar-refractivity contribution in [2.24, 2.45) is 0 Å². The number of rotatable bonds is 3. The minimum atomic E-state index is -5.01. The van der Waals surface area contributed by atoms with Crippen LogP contribution in [0.4, 0.5) is 18.0 Å². The molecule has 1 atom stereocenters. The number of aromatic nitrogens is 1. The SMILES string of the molecule is Cc1noc(C)c1CN1C(=O)NC(c2ccccc2)(C(F)(F)F)C1=O. The molecule has 9 heteroatoms. The van der Waals surface area contributed by atoms with Crippen LogP contribution in [0.25, 0.3) is 0 Å². The topological polar surface area (TPSA) is 75.4 Å². The number of benzene rings is 1. The molecule has 132 valence electrons. The van der Waals surface area contributed by atoms with Crippen molar-refractivity contribution >= 4 is 11.9 Å². The van der Waals surface area contributed by atoms with E-state index in [1.54, 1.807) is 13.8 Å². The fourth-order valence-corrected chi connectivity index (χ4v) is 2.84. The number of halogens is 3. The molecule has 1 aliphatic heterocycles. The average Bonchev–Trinajstić information content (AvgIpc) is 3.00. The van der Waals surface area contributed by atoms with Crippen LogP contribution >= 0.6 is 0 Å². The lowest BCUT2D eigenvalue weighted by Crippen LogP contribution is -2.55. The molecule has 0 radical (unpaired) electrons. The van der Waals surface area contributed by atoms with Gasteiger partial charge < -0.3 is 9.84 Å². The highest BCUT2D eigenvalue weighted by Crippen LogP contribution is 2.43. The number of hydrogen-bond donors (Lipinski definition) is 1. The van der Waals surface area contributed by atoms with Gasteiger partial charge in [0.05, 0.1) is 12.2 Å². The van der Waals surface area contributed by atoms with Crippen molar-refractivity contribution in [2.45, 2.75) is 32.1 Å². The maximum Gasteiger partial charge on any atom is 0.425 e.